The predicted molar refractivity (Wildman–Crippen MR) is 113 cm³/mol. The van der Waals surface area contributed by atoms with Crippen LogP contribution in [0, 0.1) is 17.8 Å². The fraction of sp³-hybridized carbons (Fsp3) is 0.609. The first-order valence-electron chi connectivity index (χ1n) is 10.8. The summed E-state index contributed by atoms with van der Waals surface area (Å²) in [6, 6.07) is 9.33. The van der Waals surface area contributed by atoms with Gasteiger partial charge >= 0.3 is 0 Å². The van der Waals surface area contributed by atoms with Crippen LogP contribution < -0.4 is 4.90 Å². The van der Waals surface area contributed by atoms with Crippen LogP contribution in [0.5, 0.6) is 0 Å². The highest BCUT2D eigenvalue weighted by atomic mass is 16.2. The predicted octanol–water partition coefficient (Wildman–Crippen LogP) is 4.48. The smallest absolute Gasteiger partial charge is 0.263 e. The van der Waals surface area contributed by atoms with Crippen molar-refractivity contribution >= 4 is 23.7 Å². The molecule has 5 heteroatoms. The van der Waals surface area contributed by atoms with Crippen molar-refractivity contribution in [2.45, 2.75) is 58.8 Å². The summed E-state index contributed by atoms with van der Waals surface area (Å²) in [5.41, 5.74) is 0.762. The average molecular weight is 384 g/mol. The number of hydrogen-bond donors (Lipinski definition) is 0. The van der Waals surface area contributed by atoms with E-state index < -0.39 is 0 Å². The molecule has 0 bridgehead atoms. The van der Waals surface area contributed by atoms with E-state index in [-0.39, 0.29) is 24.9 Å². The van der Waals surface area contributed by atoms with Crippen LogP contribution in [0.25, 0.3) is 0 Å². The average Bonchev–Trinajstić information content (AvgIpc) is 2.73. The number of para-hydroxylation sites is 1. The summed E-state index contributed by atoms with van der Waals surface area (Å²) in [4.78, 5) is 26.4. The van der Waals surface area contributed by atoms with Crippen molar-refractivity contribution in [3.63, 3.8) is 0 Å². The number of hydrazone groups is 1. The van der Waals surface area contributed by atoms with Gasteiger partial charge in [-0.25, -0.2) is 5.01 Å². The van der Waals surface area contributed by atoms with Crippen LogP contribution >= 0.6 is 0 Å². The van der Waals surface area contributed by atoms with Crippen LogP contribution in [0.15, 0.2) is 35.4 Å². The summed E-state index contributed by atoms with van der Waals surface area (Å²) in [6.07, 6.45) is 10.4. The molecule has 1 aliphatic heterocycles. The molecule has 2 atom stereocenters. The van der Waals surface area contributed by atoms with E-state index in [1.165, 1.54) is 42.0 Å². The summed E-state index contributed by atoms with van der Waals surface area (Å²) in [7, 11) is 0. The van der Waals surface area contributed by atoms with Gasteiger partial charge in [-0.15, -0.1) is 0 Å². The quantitative estimate of drug-likeness (QED) is 0.652. The second-order valence-corrected chi connectivity index (χ2v) is 8.26. The van der Waals surface area contributed by atoms with Gasteiger partial charge in [0.15, 0.2) is 0 Å². The zero-order valence-corrected chi connectivity index (χ0v) is 17.2. The maximum atomic E-state index is 12.4. The highest BCUT2D eigenvalue weighted by Crippen LogP contribution is 2.38. The van der Waals surface area contributed by atoms with Gasteiger partial charge in [0.1, 0.15) is 13.1 Å². The van der Waals surface area contributed by atoms with Crippen LogP contribution in [-0.2, 0) is 9.59 Å². The Kier molecular flexibility index (Phi) is 7.24. The number of piperazine rings is 1. The Morgan fingerprint density at radius 2 is 1.57 bits per heavy atom. The lowest BCUT2D eigenvalue weighted by atomic mass is 9.72. The number of benzene rings is 1. The zero-order chi connectivity index (χ0) is 19.9. The van der Waals surface area contributed by atoms with Gasteiger partial charge < -0.3 is 4.90 Å². The molecule has 2 aliphatic rings. The molecule has 3 rings (SSSR count). The third kappa shape index (κ3) is 5.21. The van der Waals surface area contributed by atoms with Crippen molar-refractivity contribution in [2.75, 3.05) is 18.0 Å². The first kappa shape index (κ1) is 20.6. The van der Waals surface area contributed by atoms with Gasteiger partial charge in [0.25, 0.3) is 5.91 Å². The van der Waals surface area contributed by atoms with Gasteiger partial charge in [0.05, 0.1) is 0 Å². The Bertz CT molecular complexity index is 676. The molecule has 0 aromatic heterocycles. The molecule has 0 radical (unpaired) electrons. The molecule has 1 saturated heterocycles. The van der Waals surface area contributed by atoms with E-state index in [1.54, 1.807) is 0 Å². The SMILES string of the molecule is CCC1CC(CC)CC(CC/C=N\N2CC(=O)N(c3ccccc3)CC2=O)C1. The topological polar surface area (TPSA) is 53.0 Å². The van der Waals surface area contributed by atoms with Gasteiger partial charge in [-0.2, -0.15) is 5.10 Å². The zero-order valence-electron chi connectivity index (χ0n) is 17.2. The lowest BCUT2D eigenvalue weighted by molar-refractivity contribution is -0.138. The molecule has 1 saturated carbocycles. The molecule has 1 aliphatic carbocycles. The van der Waals surface area contributed by atoms with E-state index in [0.29, 0.717) is 0 Å². The van der Waals surface area contributed by atoms with Crippen molar-refractivity contribution in [2.24, 2.45) is 22.9 Å². The van der Waals surface area contributed by atoms with Gasteiger partial charge in [-0.3, -0.25) is 9.59 Å². The van der Waals surface area contributed by atoms with Crippen molar-refractivity contribution in [3.8, 4) is 0 Å². The largest absolute Gasteiger partial charge is 0.301 e. The van der Waals surface area contributed by atoms with Crippen LogP contribution in [0.1, 0.15) is 58.8 Å². The normalized spacial score (nSPS) is 26.3. The van der Waals surface area contributed by atoms with Gasteiger partial charge in [-0.05, 0) is 62.0 Å². The first-order valence-corrected chi connectivity index (χ1v) is 10.8. The summed E-state index contributed by atoms with van der Waals surface area (Å²) in [5.74, 6) is 2.28. The molecular formula is C23H33N3O2. The molecule has 1 aromatic rings. The lowest BCUT2D eigenvalue weighted by Gasteiger charge is -2.34. The Balaban J connectivity index is 1.48. The van der Waals surface area contributed by atoms with Crippen molar-refractivity contribution in [1.82, 2.24) is 5.01 Å². The molecule has 0 spiro atoms. The number of nitrogens with zero attached hydrogens (tertiary/aromatic N) is 3. The fourth-order valence-electron chi connectivity index (χ4n) is 4.63. The molecule has 1 aromatic carbocycles. The minimum absolute atomic E-state index is 0.0173. The van der Waals surface area contributed by atoms with Crippen molar-refractivity contribution < 1.29 is 9.59 Å². The van der Waals surface area contributed by atoms with E-state index in [4.69, 9.17) is 0 Å². The third-order valence-electron chi connectivity index (χ3n) is 6.31. The maximum absolute atomic E-state index is 12.4. The van der Waals surface area contributed by atoms with Gasteiger partial charge in [-0.1, -0.05) is 44.9 Å². The summed E-state index contributed by atoms with van der Waals surface area (Å²) >= 11 is 0. The Hall–Kier alpha value is -2.17. The number of amides is 2. The molecule has 0 N–H and O–H groups in total. The van der Waals surface area contributed by atoms with Crippen LogP contribution in [0.4, 0.5) is 5.69 Å². The van der Waals surface area contributed by atoms with E-state index in [9.17, 15) is 9.59 Å². The number of carbonyl (C=O) groups is 2. The van der Waals surface area contributed by atoms with E-state index in [0.717, 1.165) is 36.3 Å². The molecule has 2 amide bonds. The Morgan fingerprint density at radius 3 is 2.21 bits per heavy atom. The molecule has 2 unspecified atom stereocenters. The highest BCUT2D eigenvalue weighted by Gasteiger charge is 2.30. The minimum Gasteiger partial charge on any atom is -0.301 e. The number of hydrogen-bond acceptors (Lipinski definition) is 3. The molecule has 5 nitrogen and oxygen atoms in total. The number of anilines is 1. The minimum atomic E-state index is -0.130. The highest BCUT2D eigenvalue weighted by molar-refractivity contribution is 6.04. The summed E-state index contributed by atoms with van der Waals surface area (Å²) in [5, 5.41) is 5.64. The monoisotopic (exact) mass is 383 g/mol. The maximum Gasteiger partial charge on any atom is 0.263 e. The molecule has 152 valence electrons. The second-order valence-electron chi connectivity index (χ2n) is 8.26. The first-order chi connectivity index (χ1) is 13.6. The Labute approximate surface area is 168 Å². The summed E-state index contributed by atoms with van der Waals surface area (Å²) < 4.78 is 0. The standard InChI is InChI=1S/C23H33N3O2/c1-3-18-13-19(4-2)15-20(14-18)9-8-12-24-26-17-22(27)25(16-23(26)28)21-10-6-5-7-11-21/h5-7,10-12,18-20H,3-4,8-9,13-17H2,1-2H3/b24-12-. The van der Waals surface area contributed by atoms with Gasteiger partial charge in [0.2, 0.25) is 5.91 Å². The molecule has 28 heavy (non-hydrogen) atoms. The number of carbonyl (C=O) groups excluding carboxylic acids is 2. The fourth-order valence-corrected chi connectivity index (χ4v) is 4.63. The van der Waals surface area contributed by atoms with Crippen LogP contribution in [0.2, 0.25) is 0 Å². The number of rotatable bonds is 7. The molecule has 1 heterocycles. The van der Waals surface area contributed by atoms with Gasteiger partial charge in [0, 0.05) is 11.9 Å². The van der Waals surface area contributed by atoms with Crippen molar-refractivity contribution in [1.29, 1.82) is 0 Å². The Morgan fingerprint density at radius 1 is 0.929 bits per heavy atom. The van der Waals surface area contributed by atoms with E-state index >= 15 is 0 Å². The second kappa shape index (κ2) is 9.85. The third-order valence-corrected chi connectivity index (χ3v) is 6.31. The van der Waals surface area contributed by atoms with Crippen LogP contribution in [0.3, 0.4) is 0 Å². The summed E-state index contributed by atoms with van der Waals surface area (Å²) in [6.45, 7) is 4.68. The van der Waals surface area contributed by atoms with Crippen LogP contribution in [-0.4, -0.2) is 36.1 Å². The molecular weight excluding hydrogens is 350 g/mol. The van der Waals surface area contributed by atoms with E-state index in [1.807, 2.05) is 36.5 Å². The molecule has 2 fully saturated rings. The lowest BCUT2D eigenvalue weighted by Crippen LogP contribution is -2.52. The van der Waals surface area contributed by atoms with E-state index in [2.05, 4.69) is 18.9 Å². The van der Waals surface area contributed by atoms with Crippen molar-refractivity contribution in [3.05, 3.63) is 30.3 Å².